The highest BCUT2D eigenvalue weighted by Crippen LogP contribution is 2.29. The molecule has 1 fully saturated rings. The van der Waals surface area contributed by atoms with E-state index in [2.05, 4.69) is 21.1 Å². The number of rotatable bonds is 4. The molecule has 2 amide bonds. The monoisotopic (exact) mass is 418 g/mol. The average molecular weight is 418 g/mol. The SMILES string of the molecule is Cc1cccc(-c2cnn(-c3nc(N4CCOCC4=O)c4oc(C(N)=O)cc4n3)c2)c1. The van der Waals surface area contributed by atoms with Gasteiger partial charge < -0.3 is 14.9 Å². The molecule has 0 unspecified atom stereocenters. The normalized spacial score (nSPS) is 14.4. The summed E-state index contributed by atoms with van der Waals surface area (Å²) in [4.78, 5) is 34.5. The van der Waals surface area contributed by atoms with Crippen LogP contribution < -0.4 is 10.6 Å². The number of amides is 2. The number of hydrogen-bond acceptors (Lipinski definition) is 7. The Hall–Kier alpha value is -4.05. The number of nitrogens with two attached hydrogens (primary N) is 1. The van der Waals surface area contributed by atoms with Crippen molar-refractivity contribution < 1.29 is 18.7 Å². The van der Waals surface area contributed by atoms with E-state index >= 15 is 0 Å². The molecule has 5 rings (SSSR count). The van der Waals surface area contributed by atoms with Gasteiger partial charge in [0.25, 0.3) is 17.8 Å². The van der Waals surface area contributed by atoms with Gasteiger partial charge in [-0.1, -0.05) is 29.8 Å². The molecule has 1 aromatic carbocycles. The smallest absolute Gasteiger partial charge is 0.284 e. The second kappa shape index (κ2) is 7.33. The van der Waals surface area contributed by atoms with Crippen LogP contribution in [0.15, 0.2) is 47.1 Å². The number of anilines is 1. The number of carbonyl (C=O) groups is 2. The summed E-state index contributed by atoms with van der Waals surface area (Å²) in [5.74, 6) is -0.593. The molecule has 1 saturated heterocycles. The van der Waals surface area contributed by atoms with E-state index in [1.54, 1.807) is 12.4 Å². The molecule has 2 N–H and O–H groups in total. The van der Waals surface area contributed by atoms with Gasteiger partial charge in [0.1, 0.15) is 12.1 Å². The average Bonchev–Trinajstić information content (AvgIpc) is 3.41. The van der Waals surface area contributed by atoms with Gasteiger partial charge in [-0.3, -0.25) is 14.5 Å². The zero-order valence-electron chi connectivity index (χ0n) is 16.6. The van der Waals surface area contributed by atoms with E-state index in [-0.39, 0.29) is 35.6 Å². The lowest BCUT2D eigenvalue weighted by atomic mass is 10.1. The first-order valence-electron chi connectivity index (χ1n) is 9.61. The fraction of sp³-hybridized carbons (Fsp3) is 0.190. The molecule has 3 aromatic heterocycles. The molecule has 0 radical (unpaired) electrons. The first kappa shape index (κ1) is 18.9. The van der Waals surface area contributed by atoms with Crippen molar-refractivity contribution in [3.05, 3.63) is 54.0 Å². The van der Waals surface area contributed by atoms with Crippen LogP contribution in [-0.2, 0) is 9.53 Å². The van der Waals surface area contributed by atoms with Crippen LogP contribution in [0.25, 0.3) is 28.2 Å². The lowest BCUT2D eigenvalue weighted by molar-refractivity contribution is -0.125. The summed E-state index contributed by atoms with van der Waals surface area (Å²) < 4.78 is 12.3. The Balaban J connectivity index is 1.64. The summed E-state index contributed by atoms with van der Waals surface area (Å²) in [5, 5.41) is 4.39. The minimum atomic E-state index is -0.736. The third-order valence-corrected chi connectivity index (χ3v) is 4.97. The summed E-state index contributed by atoms with van der Waals surface area (Å²) in [6.07, 6.45) is 3.52. The molecule has 4 heterocycles. The number of carbonyl (C=O) groups excluding carboxylic acids is 2. The van der Waals surface area contributed by atoms with Crippen LogP contribution in [0, 0.1) is 6.92 Å². The van der Waals surface area contributed by atoms with Gasteiger partial charge in [-0.15, -0.1) is 0 Å². The first-order chi connectivity index (χ1) is 15.0. The Kier molecular flexibility index (Phi) is 4.48. The summed E-state index contributed by atoms with van der Waals surface area (Å²) in [6.45, 7) is 2.61. The summed E-state index contributed by atoms with van der Waals surface area (Å²) in [6, 6.07) is 9.47. The highest BCUT2D eigenvalue weighted by atomic mass is 16.5. The fourth-order valence-corrected chi connectivity index (χ4v) is 3.46. The number of nitrogens with zero attached hydrogens (tertiary/aromatic N) is 5. The molecule has 0 saturated carbocycles. The van der Waals surface area contributed by atoms with Gasteiger partial charge in [-0.2, -0.15) is 10.1 Å². The van der Waals surface area contributed by atoms with Crippen LogP contribution in [-0.4, -0.2) is 51.3 Å². The molecule has 0 aliphatic carbocycles. The van der Waals surface area contributed by atoms with Crippen LogP contribution in [0.2, 0.25) is 0 Å². The summed E-state index contributed by atoms with van der Waals surface area (Å²) in [5.41, 5.74) is 8.95. The van der Waals surface area contributed by atoms with Gasteiger partial charge >= 0.3 is 0 Å². The number of fused-ring (bicyclic) bond motifs is 1. The Morgan fingerprint density at radius 2 is 2.06 bits per heavy atom. The highest BCUT2D eigenvalue weighted by molar-refractivity contribution is 6.02. The number of furan rings is 1. The van der Waals surface area contributed by atoms with Gasteiger partial charge in [-0.05, 0) is 12.5 Å². The van der Waals surface area contributed by atoms with Crippen LogP contribution >= 0.6 is 0 Å². The van der Waals surface area contributed by atoms with E-state index in [0.29, 0.717) is 18.7 Å². The lowest BCUT2D eigenvalue weighted by Gasteiger charge is -2.25. The van der Waals surface area contributed by atoms with E-state index in [0.717, 1.165) is 16.7 Å². The Bertz CT molecular complexity index is 1320. The van der Waals surface area contributed by atoms with Gasteiger partial charge in [0.15, 0.2) is 17.2 Å². The standard InChI is InChI=1S/C21H18N6O4/c1-12-3-2-4-13(7-12)14-9-23-27(10-14)21-24-15-8-16(19(22)29)31-18(15)20(25-21)26-5-6-30-11-17(26)28/h2-4,7-10H,5-6,11H2,1H3,(H2,22,29). The van der Waals surface area contributed by atoms with Crippen molar-refractivity contribution >= 4 is 28.7 Å². The third-order valence-electron chi connectivity index (χ3n) is 4.97. The highest BCUT2D eigenvalue weighted by Gasteiger charge is 2.27. The molecule has 10 nitrogen and oxygen atoms in total. The summed E-state index contributed by atoms with van der Waals surface area (Å²) >= 11 is 0. The zero-order chi connectivity index (χ0) is 21.5. The second-order valence-corrected chi connectivity index (χ2v) is 7.18. The van der Waals surface area contributed by atoms with Gasteiger partial charge in [0, 0.05) is 17.8 Å². The number of aryl methyl sites for hydroxylation is 1. The maximum Gasteiger partial charge on any atom is 0.284 e. The van der Waals surface area contributed by atoms with Gasteiger partial charge in [0.05, 0.1) is 19.3 Å². The van der Waals surface area contributed by atoms with Crippen LogP contribution in [0.3, 0.4) is 0 Å². The van der Waals surface area contributed by atoms with E-state index < -0.39 is 5.91 Å². The van der Waals surface area contributed by atoms with Gasteiger partial charge in [-0.25, -0.2) is 9.67 Å². The zero-order valence-corrected chi connectivity index (χ0v) is 16.6. The number of morpholine rings is 1. The van der Waals surface area contributed by atoms with Crippen molar-refractivity contribution in [2.24, 2.45) is 5.73 Å². The van der Waals surface area contributed by atoms with Crippen LogP contribution in [0.5, 0.6) is 0 Å². The fourth-order valence-electron chi connectivity index (χ4n) is 3.46. The van der Waals surface area contributed by atoms with Crippen molar-refractivity contribution in [2.45, 2.75) is 6.92 Å². The maximum atomic E-state index is 12.4. The van der Waals surface area contributed by atoms with Crippen LogP contribution in [0.4, 0.5) is 5.82 Å². The topological polar surface area (TPSA) is 129 Å². The number of primary amides is 1. The van der Waals surface area contributed by atoms with Crippen molar-refractivity contribution in [3.8, 4) is 17.1 Å². The molecule has 4 aromatic rings. The molecule has 0 spiro atoms. The summed E-state index contributed by atoms with van der Waals surface area (Å²) in [7, 11) is 0. The molecule has 0 atom stereocenters. The van der Waals surface area contributed by atoms with Crippen molar-refractivity contribution in [2.75, 3.05) is 24.7 Å². The Morgan fingerprint density at radius 3 is 2.84 bits per heavy atom. The van der Waals surface area contributed by atoms with Crippen molar-refractivity contribution in [1.29, 1.82) is 0 Å². The molecular weight excluding hydrogens is 400 g/mol. The van der Waals surface area contributed by atoms with E-state index in [9.17, 15) is 9.59 Å². The minimum Gasteiger partial charge on any atom is -0.445 e. The van der Waals surface area contributed by atoms with E-state index in [1.807, 2.05) is 25.1 Å². The predicted molar refractivity (Wildman–Crippen MR) is 111 cm³/mol. The molecule has 31 heavy (non-hydrogen) atoms. The van der Waals surface area contributed by atoms with Crippen molar-refractivity contribution in [1.82, 2.24) is 19.7 Å². The quantitative estimate of drug-likeness (QED) is 0.535. The van der Waals surface area contributed by atoms with Gasteiger partial charge in [0.2, 0.25) is 0 Å². The molecule has 0 bridgehead atoms. The van der Waals surface area contributed by atoms with E-state index in [1.165, 1.54) is 15.6 Å². The Labute approximate surface area is 176 Å². The predicted octanol–water partition coefficient (Wildman–Crippen LogP) is 1.85. The second-order valence-electron chi connectivity index (χ2n) is 7.18. The first-order valence-corrected chi connectivity index (χ1v) is 9.61. The van der Waals surface area contributed by atoms with E-state index in [4.69, 9.17) is 14.9 Å². The molecule has 10 heteroatoms. The molecule has 1 aliphatic heterocycles. The molecule has 156 valence electrons. The number of ether oxygens (including phenoxy) is 1. The van der Waals surface area contributed by atoms with Crippen molar-refractivity contribution in [3.63, 3.8) is 0 Å². The maximum absolute atomic E-state index is 12.4. The number of benzene rings is 1. The van der Waals surface area contributed by atoms with Crippen LogP contribution in [0.1, 0.15) is 16.1 Å². The molecular formula is C21H18N6O4. The number of hydrogen-bond donors (Lipinski definition) is 1. The molecule has 1 aliphatic rings. The third kappa shape index (κ3) is 3.42. The lowest BCUT2D eigenvalue weighted by Crippen LogP contribution is -2.42. The number of aromatic nitrogens is 4. The minimum absolute atomic E-state index is 0.0654. The largest absolute Gasteiger partial charge is 0.445 e. The Morgan fingerprint density at radius 1 is 1.19 bits per heavy atom.